The van der Waals surface area contributed by atoms with Crippen molar-refractivity contribution in [2.75, 3.05) is 13.1 Å². The second kappa shape index (κ2) is 9.56. The Morgan fingerprint density at radius 3 is 1.69 bits per heavy atom. The van der Waals surface area contributed by atoms with Crippen molar-refractivity contribution in [1.29, 1.82) is 0 Å². The van der Waals surface area contributed by atoms with Gasteiger partial charge in [0.2, 0.25) is 0 Å². The fourth-order valence-electron chi connectivity index (χ4n) is 1.31. The number of rotatable bonds is 9. The highest BCUT2D eigenvalue weighted by Crippen LogP contribution is 2.00. The van der Waals surface area contributed by atoms with E-state index in [0.29, 0.717) is 0 Å². The standard InChI is InChI=1S/C11H22NO/c1-3-5-7-9-12(11-13)10-8-6-4-2/h3-10H2,1-2H3. The van der Waals surface area contributed by atoms with E-state index in [1.54, 1.807) is 4.90 Å². The molecule has 0 fully saturated rings. The van der Waals surface area contributed by atoms with Crippen molar-refractivity contribution in [2.45, 2.75) is 52.4 Å². The van der Waals surface area contributed by atoms with Crippen LogP contribution in [0.25, 0.3) is 0 Å². The molecular formula is C11H22NO. The summed E-state index contributed by atoms with van der Waals surface area (Å²) in [6, 6.07) is 0. The van der Waals surface area contributed by atoms with Gasteiger partial charge in [0.05, 0.1) is 0 Å². The number of amides is 1. The van der Waals surface area contributed by atoms with E-state index < -0.39 is 0 Å². The maximum atomic E-state index is 10.5. The molecule has 1 amide bonds. The van der Waals surface area contributed by atoms with Crippen molar-refractivity contribution in [3.63, 3.8) is 0 Å². The molecule has 1 radical (unpaired) electrons. The average Bonchev–Trinajstić information content (AvgIpc) is 2.16. The van der Waals surface area contributed by atoms with E-state index in [0.717, 1.165) is 25.9 Å². The largest absolute Gasteiger partial charge is 0.334 e. The molecule has 0 aromatic heterocycles. The number of carbonyl (C=O) groups excluding carboxylic acids is 1. The first kappa shape index (κ1) is 12.5. The Kier molecular flexibility index (Phi) is 9.17. The van der Waals surface area contributed by atoms with E-state index in [9.17, 15) is 4.79 Å². The van der Waals surface area contributed by atoms with E-state index in [1.165, 1.54) is 25.7 Å². The van der Waals surface area contributed by atoms with Crippen LogP contribution in [-0.4, -0.2) is 24.4 Å². The Labute approximate surface area is 82.3 Å². The van der Waals surface area contributed by atoms with Crippen LogP contribution in [0.3, 0.4) is 0 Å². The molecule has 2 heteroatoms. The van der Waals surface area contributed by atoms with Gasteiger partial charge in [-0.3, -0.25) is 4.79 Å². The molecule has 0 rings (SSSR count). The molecule has 0 aliphatic heterocycles. The van der Waals surface area contributed by atoms with Crippen LogP contribution in [0.1, 0.15) is 52.4 Å². The number of nitrogens with zero attached hydrogens (tertiary/aromatic N) is 1. The smallest absolute Gasteiger partial charge is 0.312 e. The molecule has 13 heavy (non-hydrogen) atoms. The molecule has 0 saturated heterocycles. The van der Waals surface area contributed by atoms with Gasteiger partial charge in [0, 0.05) is 13.1 Å². The van der Waals surface area contributed by atoms with Gasteiger partial charge in [-0.2, -0.15) is 0 Å². The summed E-state index contributed by atoms with van der Waals surface area (Å²) in [7, 11) is 0. The van der Waals surface area contributed by atoms with Crippen LogP contribution >= 0.6 is 0 Å². The molecule has 0 atom stereocenters. The van der Waals surface area contributed by atoms with Crippen LogP contribution < -0.4 is 0 Å². The zero-order valence-corrected chi connectivity index (χ0v) is 9.01. The summed E-state index contributed by atoms with van der Waals surface area (Å²) in [6.45, 7) is 6.13. The van der Waals surface area contributed by atoms with Crippen LogP contribution in [-0.2, 0) is 4.79 Å². The summed E-state index contributed by atoms with van der Waals surface area (Å²) in [6.07, 6.45) is 9.10. The van der Waals surface area contributed by atoms with E-state index in [2.05, 4.69) is 13.8 Å². The van der Waals surface area contributed by atoms with E-state index >= 15 is 0 Å². The lowest BCUT2D eigenvalue weighted by Gasteiger charge is -2.15. The lowest BCUT2D eigenvalue weighted by Crippen LogP contribution is -2.24. The van der Waals surface area contributed by atoms with Crippen molar-refractivity contribution < 1.29 is 4.79 Å². The minimum absolute atomic E-state index is 0.890. The van der Waals surface area contributed by atoms with Crippen LogP contribution in [0.15, 0.2) is 0 Å². The summed E-state index contributed by atoms with van der Waals surface area (Å²) in [4.78, 5) is 12.3. The van der Waals surface area contributed by atoms with Crippen molar-refractivity contribution in [3.05, 3.63) is 0 Å². The van der Waals surface area contributed by atoms with Gasteiger partial charge in [-0.15, -0.1) is 0 Å². The molecule has 77 valence electrons. The Balaban J connectivity index is 3.34. The first-order valence-corrected chi connectivity index (χ1v) is 5.47. The molecule has 0 aromatic carbocycles. The maximum absolute atomic E-state index is 10.5. The lowest BCUT2D eigenvalue weighted by atomic mass is 10.2. The summed E-state index contributed by atoms with van der Waals surface area (Å²) in [5, 5.41) is 0. The number of unbranched alkanes of at least 4 members (excludes halogenated alkanes) is 4. The third-order valence-electron chi connectivity index (χ3n) is 2.19. The van der Waals surface area contributed by atoms with Gasteiger partial charge in [-0.25, -0.2) is 0 Å². The van der Waals surface area contributed by atoms with Gasteiger partial charge in [0.15, 0.2) is 0 Å². The Bertz CT molecular complexity index is 105. The Morgan fingerprint density at radius 1 is 0.923 bits per heavy atom. The molecule has 2 nitrogen and oxygen atoms in total. The number of hydrogen-bond acceptors (Lipinski definition) is 1. The molecular weight excluding hydrogens is 162 g/mol. The third-order valence-corrected chi connectivity index (χ3v) is 2.19. The minimum Gasteiger partial charge on any atom is -0.334 e. The van der Waals surface area contributed by atoms with E-state index in [4.69, 9.17) is 0 Å². The zero-order valence-electron chi connectivity index (χ0n) is 9.01. The van der Waals surface area contributed by atoms with Crippen LogP contribution in [0, 0.1) is 0 Å². The van der Waals surface area contributed by atoms with E-state index in [-0.39, 0.29) is 0 Å². The molecule has 0 aliphatic rings. The molecule has 0 aromatic rings. The second-order valence-electron chi connectivity index (χ2n) is 3.49. The van der Waals surface area contributed by atoms with Crippen molar-refractivity contribution in [1.82, 2.24) is 4.90 Å². The molecule has 0 bridgehead atoms. The molecule has 0 unspecified atom stereocenters. The summed E-state index contributed by atoms with van der Waals surface area (Å²) >= 11 is 0. The normalized spacial score (nSPS) is 10.0. The fourth-order valence-corrected chi connectivity index (χ4v) is 1.31. The van der Waals surface area contributed by atoms with Gasteiger partial charge in [0.1, 0.15) is 0 Å². The zero-order chi connectivity index (χ0) is 9.94. The van der Waals surface area contributed by atoms with Gasteiger partial charge < -0.3 is 4.90 Å². The number of hydrogen-bond donors (Lipinski definition) is 0. The van der Waals surface area contributed by atoms with Gasteiger partial charge >= 0.3 is 6.41 Å². The average molecular weight is 184 g/mol. The van der Waals surface area contributed by atoms with E-state index in [1.807, 2.05) is 6.41 Å². The topological polar surface area (TPSA) is 20.3 Å². The molecule has 0 spiro atoms. The molecule has 0 heterocycles. The first-order valence-electron chi connectivity index (χ1n) is 5.47. The predicted molar refractivity (Wildman–Crippen MR) is 56.3 cm³/mol. The predicted octanol–water partition coefficient (Wildman–Crippen LogP) is 2.74. The van der Waals surface area contributed by atoms with Gasteiger partial charge in [0.25, 0.3) is 0 Å². The maximum Gasteiger partial charge on any atom is 0.312 e. The Morgan fingerprint density at radius 2 is 1.38 bits per heavy atom. The van der Waals surface area contributed by atoms with Gasteiger partial charge in [-0.1, -0.05) is 39.5 Å². The molecule has 0 aliphatic carbocycles. The molecule has 0 saturated carbocycles. The SMILES string of the molecule is CCCCCN([C]=O)CCCCC. The highest BCUT2D eigenvalue weighted by Gasteiger charge is 2.00. The highest BCUT2D eigenvalue weighted by molar-refractivity contribution is 5.47. The van der Waals surface area contributed by atoms with Crippen molar-refractivity contribution >= 4 is 6.41 Å². The third kappa shape index (κ3) is 7.82. The minimum atomic E-state index is 0.890. The summed E-state index contributed by atoms with van der Waals surface area (Å²) in [5.74, 6) is 0. The van der Waals surface area contributed by atoms with Crippen LogP contribution in [0.2, 0.25) is 0 Å². The summed E-state index contributed by atoms with van der Waals surface area (Å²) < 4.78 is 0. The van der Waals surface area contributed by atoms with Crippen LogP contribution in [0.4, 0.5) is 0 Å². The fraction of sp³-hybridized carbons (Fsp3) is 0.909. The first-order chi connectivity index (χ1) is 6.35. The van der Waals surface area contributed by atoms with Crippen molar-refractivity contribution in [3.8, 4) is 0 Å². The van der Waals surface area contributed by atoms with Gasteiger partial charge in [-0.05, 0) is 12.8 Å². The summed E-state index contributed by atoms with van der Waals surface area (Å²) in [5.41, 5.74) is 0. The lowest BCUT2D eigenvalue weighted by molar-refractivity contribution is 0.360. The highest BCUT2D eigenvalue weighted by atomic mass is 16.1. The van der Waals surface area contributed by atoms with Crippen LogP contribution in [0.5, 0.6) is 0 Å². The Hall–Kier alpha value is -0.530. The quantitative estimate of drug-likeness (QED) is 0.398. The monoisotopic (exact) mass is 184 g/mol. The van der Waals surface area contributed by atoms with Crippen molar-refractivity contribution in [2.24, 2.45) is 0 Å². The molecule has 0 N–H and O–H groups in total. The second-order valence-corrected chi connectivity index (χ2v) is 3.49.